The molecule has 2 aromatic carbocycles. The lowest BCUT2D eigenvalue weighted by atomic mass is 9.87. The highest BCUT2D eigenvalue weighted by molar-refractivity contribution is 6.04. The zero-order chi connectivity index (χ0) is 21.8. The third-order valence-electron chi connectivity index (χ3n) is 4.74. The second-order valence-electron chi connectivity index (χ2n) is 8.11. The number of imidazole rings is 1. The molecule has 1 amide bonds. The molecule has 4 aromatic rings. The van der Waals surface area contributed by atoms with E-state index in [2.05, 4.69) is 41.3 Å². The third-order valence-corrected chi connectivity index (χ3v) is 4.74. The molecular formula is C24H23N5O2. The summed E-state index contributed by atoms with van der Waals surface area (Å²) in [4.78, 5) is 16.5. The van der Waals surface area contributed by atoms with Crippen LogP contribution in [-0.4, -0.2) is 25.7 Å². The van der Waals surface area contributed by atoms with Crippen LogP contribution >= 0.6 is 0 Å². The fourth-order valence-electron chi connectivity index (χ4n) is 2.95. The van der Waals surface area contributed by atoms with Crippen LogP contribution in [0.1, 0.15) is 36.7 Å². The second kappa shape index (κ2) is 8.39. The Hall–Kier alpha value is -4.00. The van der Waals surface area contributed by atoms with E-state index in [-0.39, 0.29) is 11.3 Å². The molecular weight excluding hydrogens is 390 g/mol. The van der Waals surface area contributed by atoms with Crippen LogP contribution in [0.2, 0.25) is 0 Å². The number of amides is 1. The summed E-state index contributed by atoms with van der Waals surface area (Å²) in [5.74, 6) is 1.46. The lowest BCUT2D eigenvalue weighted by Crippen LogP contribution is -2.14. The van der Waals surface area contributed by atoms with Crippen molar-refractivity contribution < 1.29 is 9.53 Å². The van der Waals surface area contributed by atoms with Crippen molar-refractivity contribution in [1.29, 1.82) is 0 Å². The summed E-state index contributed by atoms with van der Waals surface area (Å²) < 4.78 is 7.48. The summed E-state index contributed by atoms with van der Waals surface area (Å²) in [7, 11) is 0. The minimum absolute atomic E-state index is 0.0506. The van der Waals surface area contributed by atoms with Crippen LogP contribution in [0, 0.1) is 0 Å². The minimum Gasteiger partial charge on any atom is -0.438 e. The van der Waals surface area contributed by atoms with Gasteiger partial charge in [-0.15, -0.1) is 10.2 Å². The number of carbonyl (C=O) groups excluding carboxylic acids is 1. The third kappa shape index (κ3) is 4.95. The van der Waals surface area contributed by atoms with Crippen molar-refractivity contribution in [1.82, 2.24) is 19.7 Å². The fraction of sp³-hybridized carbons (Fsp3) is 0.167. The highest BCUT2D eigenvalue weighted by Gasteiger charge is 2.14. The number of benzene rings is 2. The summed E-state index contributed by atoms with van der Waals surface area (Å²) in [6.45, 7) is 6.43. The number of nitrogens with zero attached hydrogens (tertiary/aromatic N) is 4. The number of rotatable bonds is 5. The first-order valence-electron chi connectivity index (χ1n) is 9.90. The lowest BCUT2D eigenvalue weighted by Gasteiger charge is -2.19. The van der Waals surface area contributed by atoms with E-state index in [1.807, 2.05) is 24.3 Å². The number of hydrogen-bond donors (Lipinski definition) is 1. The monoisotopic (exact) mass is 413 g/mol. The lowest BCUT2D eigenvalue weighted by molar-refractivity contribution is 0.102. The summed E-state index contributed by atoms with van der Waals surface area (Å²) in [6.07, 6.45) is 5.11. The predicted molar refractivity (Wildman–Crippen MR) is 119 cm³/mol. The maximum absolute atomic E-state index is 12.5. The molecule has 0 radical (unpaired) electrons. The Morgan fingerprint density at radius 3 is 2.26 bits per heavy atom. The van der Waals surface area contributed by atoms with Crippen molar-refractivity contribution in [2.75, 3.05) is 5.32 Å². The standard InChI is InChI=1S/C24H23N5O2/c1-24(2,3)18-6-4-17(5-7-18)23(30)26-19-8-10-20(11-9-19)31-22-13-12-21(27-28-22)29-15-14-25-16-29/h4-16H,1-3H3,(H,26,30). The van der Waals surface area contributed by atoms with Crippen molar-refractivity contribution in [3.05, 3.63) is 90.5 Å². The molecule has 0 saturated heterocycles. The van der Waals surface area contributed by atoms with Crippen molar-refractivity contribution >= 4 is 11.6 Å². The van der Waals surface area contributed by atoms with E-state index in [9.17, 15) is 4.79 Å². The van der Waals surface area contributed by atoms with Gasteiger partial charge in [-0.05, 0) is 53.4 Å². The quantitative estimate of drug-likeness (QED) is 0.498. The molecule has 4 rings (SSSR count). The Labute approximate surface area is 180 Å². The minimum atomic E-state index is -0.157. The first kappa shape index (κ1) is 20.3. The second-order valence-corrected chi connectivity index (χ2v) is 8.11. The van der Waals surface area contributed by atoms with Gasteiger partial charge in [-0.25, -0.2) is 4.98 Å². The van der Waals surface area contributed by atoms with E-state index in [1.165, 1.54) is 5.56 Å². The molecule has 0 bridgehead atoms. The van der Waals surface area contributed by atoms with Crippen LogP contribution in [0.5, 0.6) is 11.6 Å². The van der Waals surface area contributed by atoms with Gasteiger partial charge in [0, 0.05) is 29.7 Å². The molecule has 0 aliphatic heterocycles. The Morgan fingerprint density at radius 2 is 1.68 bits per heavy atom. The number of aromatic nitrogens is 4. The fourth-order valence-corrected chi connectivity index (χ4v) is 2.95. The van der Waals surface area contributed by atoms with Gasteiger partial charge in [0.2, 0.25) is 5.88 Å². The first-order valence-corrected chi connectivity index (χ1v) is 9.90. The smallest absolute Gasteiger partial charge is 0.255 e. The number of hydrogen-bond acceptors (Lipinski definition) is 5. The highest BCUT2D eigenvalue weighted by Crippen LogP contribution is 2.24. The van der Waals surface area contributed by atoms with E-state index >= 15 is 0 Å². The Kier molecular flexibility index (Phi) is 5.49. The predicted octanol–water partition coefficient (Wildman–Crippen LogP) is 5.00. The molecule has 2 aromatic heterocycles. The van der Waals surface area contributed by atoms with Gasteiger partial charge in [0.15, 0.2) is 5.82 Å². The average Bonchev–Trinajstić information content (AvgIpc) is 3.30. The van der Waals surface area contributed by atoms with Gasteiger partial charge in [0.25, 0.3) is 5.91 Å². The molecule has 31 heavy (non-hydrogen) atoms. The molecule has 2 heterocycles. The van der Waals surface area contributed by atoms with E-state index in [0.29, 0.717) is 28.7 Å². The van der Waals surface area contributed by atoms with E-state index in [1.54, 1.807) is 59.7 Å². The number of ether oxygens (including phenoxy) is 1. The molecule has 0 fully saturated rings. The van der Waals surface area contributed by atoms with Crippen molar-refractivity contribution in [2.24, 2.45) is 0 Å². The largest absolute Gasteiger partial charge is 0.438 e. The van der Waals surface area contributed by atoms with Gasteiger partial charge < -0.3 is 10.1 Å². The summed E-state index contributed by atoms with van der Waals surface area (Å²) in [5.41, 5.74) is 2.53. The van der Waals surface area contributed by atoms with Crippen LogP contribution in [0.25, 0.3) is 5.82 Å². The highest BCUT2D eigenvalue weighted by atomic mass is 16.5. The number of anilines is 1. The number of nitrogens with one attached hydrogen (secondary N) is 1. The Bertz CT molecular complexity index is 1140. The van der Waals surface area contributed by atoms with Crippen LogP contribution in [-0.2, 0) is 5.41 Å². The van der Waals surface area contributed by atoms with E-state index < -0.39 is 0 Å². The van der Waals surface area contributed by atoms with Crippen LogP contribution in [0.3, 0.4) is 0 Å². The van der Waals surface area contributed by atoms with Crippen molar-refractivity contribution in [2.45, 2.75) is 26.2 Å². The molecule has 0 aliphatic rings. The first-order chi connectivity index (χ1) is 14.9. The SMILES string of the molecule is CC(C)(C)c1ccc(C(=O)Nc2ccc(Oc3ccc(-n4ccnc4)nn3)cc2)cc1. The summed E-state index contributed by atoms with van der Waals surface area (Å²) in [5, 5.41) is 11.1. The van der Waals surface area contributed by atoms with Gasteiger partial charge in [-0.2, -0.15) is 0 Å². The maximum Gasteiger partial charge on any atom is 0.255 e. The Morgan fingerprint density at radius 1 is 0.935 bits per heavy atom. The molecule has 0 unspecified atom stereocenters. The van der Waals surface area contributed by atoms with Gasteiger partial charge in [-0.3, -0.25) is 9.36 Å². The summed E-state index contributed by atoms with van der Waals surface area (Å²) in [6, 6.07) is 18.3. The van der Waals surface area contributed by atoms with Gasteiger partial charge in [0.1, 0.15) is 12.1 Å². The van der Waals surface area contributed by atoms with E-state index in [0.717, 1.165) is 0 Å². The molecule has 1 N–H and O–H groups in total. The molecule has 156 valence electrons. The van der Waals surface area contributed by atoms with Crippen LogP contribution in [0.15, 0.2) is 79.4 Å². The van der Waals surface area contributed by atoms with Crippen LogP contribution in [0.4, 0.5) is 5.69 Å². The van der Waals surface area contributed by atoms with Gasteiger partial charge >= 0.3 is 0 Å². The summed E-state index contributed by atoms with van der Waals surface area (Å²) >= 11 is 0. The molecule has 7 nitrogen and oxygen atoms in total. The van der Waals surface area contributed by atoms with Gasteiger partial charge in [-0.1, -0.05) is 32.9 Å². The number of carbonyl (C=O) groups is 1. The molecule has 0 saturated carbocycles. The zero-order valence-corrected chi connectivity index (χ0v) is 17.6. The average molecular weight is 413 g/mol. The van der Waals surface area contributed by atoms with Crippen LogP contribution < -0.4 is 10.1 Å². The zero-order valence-electron chi connectivity index (χ0n) is 17.6. The van der Waals surface area contributed by atoms with Crippen molar-refractivity contribution in [3.63, 3.8) is 0 Å². The molecule has 0 atom stereocenters. The Balaban J connectivity index is 1.37. The maximum atomic E-state index is 12.5. The van der Waals surface area contributed by atoms with Crippen molar-refractivity contribution in [3.8, 4) is 17.4 Å². The molecule has 7 heteroatoms. The molecule has 0 aliphatic carbocycles. The van der Waals surface area contributed by atoms with Gasteiger partial charge in [0.05, 0.1) is 0 Å². The normalized spacial score (nSPS) is 11.2. The topological polar surface area (TPSA) is 81.9 Å². The molecule has 0 spiro atoms. The van der Waals surface area contributed by atoms with E-state index in [4.69, 9.17) is 4.74 Å².